The Morgan fingerprint density at radius 2 is 1.62 bits per heavy atom. The van der Waals surface area contributed by atoms with Crippen molar-refractivity contribution < 1.29 is 22.7 Å². The third-order valence-corrected chi connectivity index (χ3v) is 8.23. The minimum Gasteiger partial charge on any atom is -0.495 e. The van der Waals surface area contributed by atoms with Crippen LogP contribution in [0.15, 0.2) is 65.6 Å². The second-order valence-corrected chi connectivity index (χ2v) is 12.1. The number of carbonyl (C=O) groups excluding carboxylic acids is 1. The van der Waals surface area contributed by atoms with Crippen LogP contribution in [0, 0.1) is 20.8 Å². The summed E-state index contributed by atoms with van der Waals surface area (Å²) in [7, 11) is -2.60. The van der Waals surface area contributed by atoms with Gasteiger partial charge in [0.1, 0.15) is 23.6 Å². The third-order valence-electron chi connectivity index (χ3n) is 6.46. The highest BCUT2D eigenvalue weighted by atomic mass is 32.2. The van der Waals surface area contributed by atoms with Crippen molar-refractivity contribution in [3.63, 3.8) is 0 Å². The molecule has 1 aliphatic rings. The van der Waals surface area contributed by atoms with E-state index in [-0.39, 0.29) is 10.9 Å². The van der Waals surface area contributed by atoms with E-state index in [0.717, 1.165) is 32.3 Å². The van der Waals surface area contributed by atoms with Crippen molar-refractivity contribution >= 4 is 21.6 Å². The van der Waals surface area contributed by atoms with E-state index in [1.54, 1.807) is 36.4 Å². The molecule has 1 atom stereocenters. The summed E-state index contributed by atoms with van der Waals surface area (Å²) in [6.07, 6.45) is 0.549. The van der Waals surface area contributed by atoms with Crippen LogP contribution in [0.3, 0.4) is 0 Å². The molecule has 3 aromatic rings. The Balaban J connectivity index is 1.71. The molecule has 0 saturated heterocycles. The molecule has 0 fully saturated rings. The second-order valence-electron chi connectivity index (χ2n) is 10.2. The van der Waals surface area contributed by atoms with E-state index in [4.69, 9.17) is 9.47 Å². The van der Waals surface area contributed by atoms with Crippen molar-refractivity contribution in [3.05, 3.63) is 82.9 Å². The molecule has 1 aliphatic heterocycles. The lowest BCUT2D eigenvalue weighted by Gasteiger charge is -2.38. The number of carbonyl (C=O) groups is 1. The number of methoxy groups -OCH3 is 1. The molecule has 1 N–H and O–H groups in total. The van der Waals surface area contributed by atoms with Crippen LogP contribution in [-0.2, 0) is 14.8 Å². The Labute approximate surface area is 219 Å². The summed E-state index contributed by atoms with van der Waals surface area (Å²) < 4.78 is 40.5. The normalized spacial score (nSPS) is 16.3. The zero-order valence-corrected chi connectivity index (χ0v) is 23.0. The fraction of sp³-hybridized carbons (Fsp3) is 0.345. The molecule has 1 unspecified atom stereocenters. The first-order valence-corrected chi connectivity index (χ1v) is 13.7. The molecule has 0 aromatic heterocycles. The van der Waals surface area contributed by atoms with Crippen molar-refractivity contribution in [1.29, 1.82) is 0 Å². The Kier molecular flexibility index (Phi) is 7.24. The highest BCUT2D eigenvalue weighted by Gasteiger charge is 2.36. The molecular weight excluding hydrogens is 488 g/mol. The molecule has 196 valence electrons. The van der Waals surface area contributed by atoms with Gasteiger partial charge in [-0.1, -0.05) is 35.9 Å². The lowest BCUT2D eigenvalue weighted by molar-refractivity contribution is -0.120. The van der Waals surface area contributed by atoms with Gasteiger partial charge in [-0.2, -0.15) is 0 Å². The Bertz CT molecular complexity index is 1410. The number of nitrogens with zero attached hydrogens (tertiary/aromatic N) is 1. The lowest BCUT2D eigenvalue weighted by Crippen LogP contribution is -2.45. The Morgan fingerprint density at radius 3 is 2.30 bits per heavy atom. The number of hydrogen-bond acceptors (Lipinski definition) is 5. The summed E-state index contributed by atoms with van der Waals surface area (Å²) in [5, 5.41) is 3.07. The van der Waals surface area contributed by atoms with Gasteiger partial charge in [0.15, 0.2) is 0 Å². The van der Waals surface area contributed by atoms with Crippen LogP contribution in [0.25, 0.3) is 0 Å². The van der Waals surface area contributed by atoms with Gasteiger partial charge >= 0.3 is 0 Å². The van der Waals surface area contributed by atoms with Crippen molar-refractivity contribution in [2.24, 2.45) is 0 Å². The number of fused-ring (bicyclic) bond motifs is 1. The van der Waals surface area contributed by atoms with Gasteiger partial charge in [0, 0.05) is 12.0 Å². The number of sulfonamides is 1. The first-order chi connectivity index (χ1) is 17.4. The molecule has 1 amide bonds. The number of nitrogens with one attached hydrogen (secondary N) is 1. The van der Waals surface area contributed by atoms with Gasteiger partial charge in [0.2, 0.25) is 5.91 Å². The van der Waals surface area contributed by atoms with E-state index in [1.807, 2.05) is 58.9 Å². The van der Waals surface area contributed by atoms with Gasteiger partial charge in [-0.3, -0.25) is 9.10 Å². The quantitative estimate of drug-likeness (QED) is 0.459. The van der Waals surface area contributed by atoms with Crippen molar-refractivity contribution in [1.82, 2.24) is 5.32 Å². The van der Waals surface area contributed by atoms with Gasteiger partial charge < -0.3 is 14.8 Å². The van der Waals surface area contributed by atoms with Crippen molar-refractivity contribution in [3.8, 4) is 11.5 Å². The lowest BCUT2D eigenvalue weighted by atomic mass is 9.89. The Hall–Kier alpha value is -3.52. The molecule has 0 aliphatic carbocycles. The fourth-order valence-electron chi connectivity index (χ4n) is 4.59. The predicted octanol–water partition coefficient (Wildman–Crippen LogP) is 5.23. The van der Waals surface area contributed by atoms with Crippen LogP contribution < -0.4 is 19.1 Å². The topological polar surface area (TPSA) is 84.9 Å². The maximum Gasteiger partial charge on any atom is 0.264 e. The maximum atomic E-state index is 13.9. The van der Waals surface area contributed by atoms with Crippen LogP contribution >= 0.6 is 0 Å². The van der Waals surface area contributed by atoms with Crippen LogP contribution in [0.4, 0.5) is 5.69 Å². The zero-order chi connectivity index (χ0) is 27.0. The minimum absolute atomic E-state index is 0.0995. The molecule has 0 spiro atoms. The van der Waals surface area contributed by atoms with Crippen molar-refractivity contribution in [2.75, 3.05) is 18.0 Å². The summed E-state index contributed by atoms with van der Waals surface area (Å²) in [5.74, 6) is 0.668. The SMILES string of the molecule is COc1ccc(C)cc1N(CC(=O)NC1CC(C)(C)Oc2cc(C)ccc21)S(=O)(=O)c1ccc(C)cc1. The summed E-state index contributed by atoms with van der Waals surface area (Å²) >= 11 is 0. The first-order valence-electron chi connectivity index (χ1n) is 12.2. The van der Waals surface area contributed by atoms with E-state index >= 15 is 0 Å². The maximum absolute atomic E-state index is 13.9. The van der Waals surface area contributed by atoms with E-state index in [2.05, 4.69) is 5.32 Å². The van der Waals surface area contributed by atoms with E-state index in [1.165, 1.54) is 7.11 Å². The monoisotopic (exact) mass is 522 g/mol. The molecule has 37 heavy (non-hydrogen) atoms. The molecule has 0 radical (unpaired) electrons. The number of amides is 1. The average molecular weight is 523 g/mol. The van der Waals surface area contributed by atoms with E-state index in [9.17, 15) is 13.2 Å². The second kappa shape index (κ2) is 10.1. The van der Waals surface area contributed by atoms with Crippen LogP contribution in [0.1, 0.15) is 48.6 Å². The molecule has 7 nitrogen and oxygen atoms in total. The number of ether oxygens (including phenoxy) is 2. The summed E-state index contributed by atoms with van der Waals surface area (Å²) in [6, 6.07) is 17.4. The number of anilines is 1. The van der Waals surface area contributed by atoms with Gasteiger partial charge in [-0.05, 0) is 76.1 Å². The number of benzene rings is 3. The largest absolute Gasteiger partial charge is 0.495 e. The molecule has 8 heteroatoms. The molecule has 0 bridgehead atoms. The minimum atomic E-state index is -4.08. The first kappa shape index (κ1) is 26.5. The summed E-state index contributed by atoms with van der Waals surface area (Å²) in [6.45, 7) is 9.28. The van der Waals surface area contributed by atoms with Crippen LogP contribution in [0.2, 0.25) is 0 Å². The molecule has 1 heterocycles. The average Bonchev–Trinajstić information content (AvgIpc) is 2.81. The molecule has 3 aromatic carbocycles. The highest BCUT2D eigenvalue weighted by Crippen LogP contribution is 2.40. The molecule has 4 rings (SSSR count). The Morgan fingerprint density at radius 1 is 1.00 bits per heavy atom. The standard InChI is InChI=1S/C29H34N2O5S/c1-19-7-11-22(12-8-19)37(33,34)31(25-15-20(2)10-14-26(25)35-6)18-28(32)30-24-17-29(4,5)36-27-16-21(3)9-13-23(24)27/h7-16,24H,17-18H2,1-6H3,(H,30,32). The van der Waals surface area contributed by atoms with Crippen LogP contribution in [-0.4, -0.2) is 33.6 Å². The van der Waals surface area contributed by atoms with Crippen LogP contribution in [0.5, 0.6) is 11.5 Å². The van der Waals surface area contributed by atoms with Gasteiger partial charge in [0.25, 0.3) is 10.0 Å². The number of hydrogen-bond donors (Lipinski definition) is 1. The van der Waals surface area contributed by atoms with Crippen molar-refractivity contribution in [2.45, 2.75) is 57.6 Å². The van der Waals surface area contributed by atoms with E-state index < -0.39 is 28.1 Å². The summed E-state index contributed by atoms with van der Waals surface area (Å²) in [4.78, 5) is 13.6. The van der Waals surface area contributed by atoms with Gasteiger partial charge in [-0.15, -0.1) is 0 Å². The number of aryl methyl sites for hydroxylation is 3. The molecule has 0 saturated carbocycles. The number of rotatable bonds is 7. The van der Waals surface area contributed by atoms with E-state index in [0.29, 0.717) is 17.9 Å². The van der Waals surface area contributed by atoms with Gasteiger partial charge in [-0.25, -0.2) is 8.42 Å². The zero-order valence-electron chi connectivity index (χ0n) is 22.2. The predicted molar refractivity (Wildman–Crippen MR) is 145 cm³/mol. The smallest absolute Gasteiger partial charge is 0.264 e. The third kappa shape index (κ3) is 5.74. The van der Waals surface area contributed by atoms with Gasteiger partial charge in [0.05, 0.1) is 23.7 Å². The fourth-order valence-corrected chi connectivity index (χ4v) is 6.01. The molecular formula is C29H34N2O5S. The highest BCUT2D eigenvalue weighted by molar-refractivity contribution is 7.92. The summed E-state index contributed by atoms with van der Waals surface area (Å²) in [5.41, 5.74) is 3.53.